The first-order chi connectivity index (χ1) is 8.38. The molecule has 0 amide bonds. The number of hydrogen-bond donors (Lipinski definition) is 0. The van der Waals surface area contributed by atoms with Crippen LogP contribution in [-0.2, 0) is 5.41 Å². The first kappa shape index (κ1) is 12.6. The number of aromatic nitrogens is 2. The van der Waals surface area contributed by atoms with Gasteiger partial charge in [-0.3, -0.25) is 0 Å². The van der Waals surface area contributed by atoms with Crippen LogP contribution >= 0.6 is 0 Å². The average Bonchev–Trinajstić information content (AvgIpc) is 2.78. The van der Waals surface area contributed by atoms with Crippen LogP contribution in [0.2, 0.25) is 0 Å². The van der Waals surface area contributed by atoms with Crippen LogP contribution in [0.4, 0.5) is 5.82 Å². The molecule has 0 atom stereocenters. The molecule has 0 fully saturated rings. The summed E-state index contributed by atoms with van der Waals surface area (Å²) < 4.78 is 5.81. The zero-order chi connectivity index (χ0) is 13.3. The molecule has 2 heterocycles. The van der Waals surface area contributed by atoms with Gasteiger partial charge in [-0.1, -0.05) is 20.8 Å². The molecule has 0 saturated carbocycles. The fourth-order valence-electron chi connectivity index (χ4n) is 1.57. The zero-order valence-corrected chi connectivity index (χ0v) is 11.6. The predicted octanol–water partition coefficient (Wildman–Crippen LogP) is 3.10. The highest BCUT2D eigenvalue weighted by atomic mass is 16.4. The molecular weight excluding hydrogens is 226 g/mol. The highest BCUT2D eigenvalue weighted by molar-refractivity contribution is 5.60. The molecule has 0 aliphatic heterocycles. The molecule has 0 bridgehead atoms. The lowest BCUT2D eigenvalue weighted by Gasteiger charge is -2.13. The summed E-state index contributed by atoms with van der Waals surface area (Å²) in [5.74, 6) is 2.44. The molecule has 2 aromatic heterocycles. The summed E-state index contributed by atoms with van der Waals surface area (Å²) in [5, 5.41) is 0. The summed E-state index contributed by atoms with van der Waals surface area (Å²) in [6.07, 6.45) is 3.55. The second-order valence-electron chi connectivity index (χ2n) is 5.58. The monoisotopic (exact) mass is 245 g/mol. The lowest BCUT2D eigenvalue weighted by molar-refractivity contribution is 0.399. The fraction of sp³-hybridized carbons (Fsp3) is 0.429. The molecule has 2 rings (SSSR count). The summed E-state index contributed by atoms with van der Waals surface area (Å²) in [4.78, 5) is 10.6. The Morgan fingerprint density at radius 2 is 1.89 bits per heavy atom. The van der Waals surface area contributed by atoms with Crippen LogP contribution in [0.5, 0.6) is 0 Å². The van der Waals surface area contributed by atoms with Crippen molar-refractivity contribution in [2.24, 2.45) is 0 Å². The minimum atomic E-state index is -0.0738. The molecule has 0 aliphatic rings. The van der Waals surface area contributed by atoms with Gasteiger partial charge in [0.05, 0.1) is 6.20 Å². The maximum Gasteiger partial charge on any atom is 0.200 e. The molecule has 0 saturated heterocycles. The van der Waals surface area contributed by atoms with Crippen LogP contribution in [0.15, 0.2) is 28.9 Å². The predicted molar refractivity (Wildman–Crippen MR) is 72.8 cm³/mol. The Morgan fingerprint density at radius 1 is 1.17 bits per heavy atom. The highest BCUT2D eigenvalue weighted by Gasteiger charge is 2.20. The van der Waals surface area contributed by atoms with Crippen LogP contribution in [0, 0.1) is 0 Å². The highest BCUT2D eigenvalue weighted by Crippen LogP contribution is 2.28. The summed E-state index contributed by atoms with van der Waals surface area (Å²) in [6, 6.07) is 3.92. The summed E-state index contributed by atoms with van der Waals surface area (Å²) in [5.41, 5.74) is 0.923. The Bertz CT molecular complexity index is 538. The Kier molecular flexibility index (Phi) is 3.11. The van der Waals surface area contributed by atoms with Gasteiger partial charge >= 0.3 is 0 Å². The van der Waals surface area contributed by atoms with Gasteiger partial charge in [0.15, 0.2) is 11.7 Å². The van der Waals surface area contributed by atoms with Crippen molar-refractivity contribution in [3.63, 3.8) is 0 Å². The van der Waals surface area contributed by atoms with Crippen molar-refractivity contribution in [3.05, 3.63) is 30.4 Å². The second-order valence-corrected chi connectivity index (χ2v) is 5.58. The van der Waals surface area contributed by atoms with E-state index in [1.165, 1.54) is 0 Å². The van der Waals surface area contributed by atoms with Gasteiger partial charge in [-0.05, 0) is 12.1 Å². The van der Waals surface area contributed by atoms with E-state index in [-0.39, 0.29) is 5.41 Å². The van der Waals surface area contributed by atoms with Crippen LogP contribution in [0.3, 0.4) is 0 Å². The van der Waals surface area contributed by atoms with E-state index in [0.717, 1.165) is 23.0 Å². The molecule has 0 unspecified atom stereocenters. The first-order valence-electron chi connectivity index (χ1n) is 5.98. The number of anilines is 1. The summed E-state index contributed by atoms with van der Waals surface area (Å²) in [6.45, 7) is 6.25. The van der Waals surface area contributed by atoms with Gasteiger partial charge in [0.25, 0.3) is 0 Å². The van der Waals surface area contributed by atoms with Crippen molar-refractivity contribution in [3.8, 4) is 11.3 Å². The van der Waals surface area contributed by atoms with Crippen molar-refractivity contribution >= 4 is 5.82 Å². The minimum Gasteiger partial charge on any atom is -0.440 e. The average molecular weight is 245 g/mol. The standard InChI is InChI=1S/C14H19N3O/c1-14(2,3)13-16-9-11(18-13)10-6-7-15-12(8-10)17(4)5/h6-9H,1-5H3. The third-order valence-corrected chi connectivity index (χ3v) is 2.64. The molecule has 0 aromatic carbocycles. The molecular formula is C14H19N3O. The van der Waals surface area contributed by atoms with E-state index in [4.69, 9.17) is 4.42 Å². The molecule has 96 valence electrons. The first-order valence-corrected chi connectivity index (χ1v) is 5.98. The quantitative estimate of drug-likeness (QED) is 0.815. The van der Waals surface area contributed by atoms with Gasteiger partial charge < -0.3 is 9.32 Å². The molecule has 18 heavy (non-hydrogen) atoms. The van der Waals surface area contributed by atoms with E-state index >= 15 is 0 Å². The number of pyridine rings is 1. The van der Waals surface area contributed by atoms with E-state index in [1.54, 1.807) is 12.4 Å². The minimum absolute atomic E-state index is 0.0738. The Balaban J connectivity index is 2.37. The lowest BCUT2D eigenvalue weighted by Crippen LogP contribution is -2.11. The number of rotatable bonds is 2. The zero-order valence-electron chi connectivity index (χ0n) is 11.6. The van der Waals surface area contributed by atoms with Gasteiger partial charge in [0, 0.05) is 31.3 Å². The lowest BCUT2D eigenvalue weighted by atomic mass is 9.97. The van der Waals surface area contributed by atoms with E-state index in [0.29, 0.717) is 0 Å². The molecule has 0 radical (unpaired) electrons. The van der Waals surface area contributed by atoms with Gasteiger partial charge in [-0.25, -0.2) is 9.97 Å². The third kappa shape index (κ3) is 2.53. The van der Waals surface area contributed by atoms with Crippen molar-refractivity contribution in [2.45, 2.75) is 26.2 Å². The molecule has 0 N–H and O–H groups in total. The fourth-order valence-corrected chi connectivity index (χ4v) is 1.57. The Morgan fingerprint density at radius 3 is 2.44 bits per heavy atom. The third-order valence-electron chi connectivity index (χ3n) is 2.64. The maximum absolute atomic E-state index is 5.81. The molecule has 4 nitrogen and oxygen atoms in total. The molecule has 2 aromatic rings. The second kappa shape index (κ2) is 4.44. The Labute approximate surface area is 108 Å². The Hall–Kier alpha value is -1.84. The SMILES string of the molecule is CN(C)c1cc(-c2cnc(C(C)(C)C)o2)ccn1. The van der Waals surface area contributed by atoms with Gasteiger partial charge in [-0.2, -0.15) is 0 Å². The van der Waals surface area contributed by atoms with Gasteiger partial charge in [-0.15, -0.1) is 0 Å². The van der Waals surface area contributed by atoms with Crippen molar-refractivity contribution in [1.82, 2.24) is 9.97 Å². The molecule has 0 aliphatic carbocycles. The topological polar surface area (TPSA) is 42.2 Å². The number of hydrogen-bond acceptors (Lipinski definition) is 4. The van der Waals surface area contributed by atoms with E-state index in [9.17, 15) is 0 Å². The van der Waals surface area contributed by atoms with Crippen LogP contribution in [0.1, 0.15) is 26.7 Å². The van der Waals surface area contributed by atoms with Crippen molar-refractivity contribution in [2.75, 3.05) is 19.0 Å². The van der Waals surface area contributed by atoms with Crippen LogP contribution in [-0.4, -0.2) is 24.1 Å². The van der Waals surface area contributed by atoms with Crippen LogP contribution in [0.25, 0.3) is 11.3 Å². The normalized spacial score (nSPS) is 11.6. The van der Waals surface area contributed by atoms with E-state index in [2.05, 4.69) is 30.7 Å². The van der Waals surface area contributed by atoms with Gasteiger partial charge in [0.2, 0.25) is 0 Å². The van der Waals surface area contributed by atoms with E-state index < -0.39 is 0 Å². The molecule has 0 spiro atoms. The number of oxazole rings is 1. The molecule has 4 heteroatoms. The van der Waals surface area contributed by atoms with E-state index in [1.807, 2.05) is 31.1 Å². The maximum atomic E-state index is 5.81. The van der Waals surface area contributed by atoms with Gasteiger partial charge in [0.1, 0.15) is 5.82 Å². The summed E-state index contributed by atoms with van der Waals surface area (Å²) >= 11 is 0. The smallest absolute Gasteiger partial charge is 0.200 e. The number of nitrogens with zero attached hydrogens (tertiary/aromatic N) is 3. The van der Waals surface area contributed by atoms with Crippen molar-refractivity contribution < 1.29 is 4.42 Å². The van der Waals surface area contributed by atoms with Crippen molar-refractivity contribution in [1.29, 1.82) is 0 Å². The summed E-state index contributed by atoms with van der Waals surface area (Å²) in [7, 11) is 3.93. The van der Waals surface area contributed by atoms with Crippen LogP contribution < -0.4 is 4.90 Å². The largest absolute Gasteiger partial charge is 0.440 e.